The number of nitrogens with zero attached hydrogens (tertiary/aromatic N) is 2. The molecule has 9 nitrogen and oxygen atoms in total. The molecule has 0 unspecified atom stereocenters. The number of carbonyl (C=O) groups is 3. The number of methoxy groups -OCH3 is 1. The van der Waals surface area contributed by atoms with Crippen LogP contribution < -0.4 is 21.1 Å². The van der Waals surface area contributed by atoms with Crippen molar-refractivity contribution < 1.29 is 19.1 Å². The first-order valence-corrected chi connectivity index (χ1v) is 10.4. The van der Waals surface area contributed by atoms with Crippen molar-refractivity contribution in [2.24, 2.45) is 11.7 Å². The predicted molar refractivity (Wildman–Crippen MR) is 120 cm³/mol. The van der Waals surface area contributed by atoms with Crippen LogP contribution in [0, 0.1) is 5.92 Å². The molecule has 5 rings (SSSR count). The van der Waals surface area contributed by atoms with Crippen molar-refractivity contribution in [3.63, 3.8) is 0 Å². The molecule has 2 heterocycles. The zero-order valence-electron chi connectivity index (χ0n) is 17.4. The van der Waals surface area contributed by atoms with E-state index >= 15 is 0 Å². The number of hydrogen-bond acceptors (Lipinski definition) is 4. The molecule has 32 heavy (non-hydrogen) atoms. The molecule has 2 aliphatic rings. The number of anilines is 2. The van der Waals surface area contributed by atoms with Crippen molar-refractivity contribution in [2.75, 3.05) is 17.7 Å². The summed E-state index contributed by atoms with van der Waals surface area (Å²) in [6.45, 7) is 0. The number of nitrogens with two attached hydrogens (primary N) is 1. The summed E-state index contributed by atoms with van der Waals surface area (Å²) in [7, 11) is 1.56. The topological polar surface area (TPSA) is 119 Å². The second-order valence-electron chi connectivity index (χ2n) is 8.14. The van der Waals surface area contributed by atoms with E-state index in [1.54, 1.807) is 54.5 Å². The first-order chi connectivity index (χ1) is 15.5. The molecule has 164 valence electrons. The van der Waals surface area contributed by atoms with Gasteiger partial charge in [0.15, 0.2) is 0 Å². The highest BCUT2D eigenvalue weighted by molar-refractivity contribution is 6.06. The van der Waals surface area contributed by atoms with Crippen molar-refractivity contribution in [1.29, 1.82) is 0 Å². The third-order valence-corrected chi connectivity index (χ3v) is 6.17. The van der Waals surface area contributed by atoms with Crippen LogP contribution in [-0.4, -0.2) is 46.6 Å². The number of likely N-dealkylation sites (tertiary alicyclic amines) is 1. The van der Waals surface area contributed by atoms with Crippen molar-refractivity contribution in [1.82, 2.24) is 9.47 Å². The van der Waals surface area contributed by atoms with Gasteiger partial charge in [0.2, 0.25) is 5.91 Å². The number of para-hydroxylation sites is 1. The number of aromatic nitrogens is 1. The lowest BCUT2D eigenvalue weighted by molar-refractivity contribution is -0.120. The second kappa shape index (κ2) is 7.60. The van der Waals surface area contributed by atoms with E-state index in [-0.39, 0.29) is 18.0 Å². The SMILES string of the molecule is COc1cccc(NC(=O)[C@@H]2C[C@H]3C[C@H]3N2C(=O)Nc2cn(C(N)=O)c3ccccc23)c1. The van der Waals surface area contributed by atoms with Gasteiger partial charge in [0.25, 0.3) is 0 Å². The van der Waals surface area contributed by atoms with Crippen LogP contribution in [0.4, 0.5) is 21.0 Å². The van der Waals surface area contributed by atoms with Gasteiger partial charge in [-0.25, -0.2) is 9.59 Å². The van der Waals surface area contributed by atoms with Gasteiger partial charge in [0.05, 0.1) is 18.3 Å². The quantitative estimate of drug-likeness (QED) is 0.585. The molecule has 3 atom stereocenters. The maximum absolute atomic E-state index is 13.2. The third-order valence-electron chi connectivity index (χ3n) is 6.17. The summed E-state index contributed by atoms with van der Waals surface area (Å²) in [5.41, 5.74) is 7.16. The smallest absolute Gasteiger partial charge is 0.323 e. The Labute approximate surface area is 184 Å². The van der Waals surface area contributed by atoms with Gasteiger partial charge < -0.3 is 26.0 Å². The summed E-state index contributed by atoms with van der Waals surface area (Å²) >= 11 is 0. The highest BCUT2D eigenvalue weighted by atomic mass is 16.5. The lowest BCUT2D eigenvalue weighted by atomic mass is 10.1. The molecule has 3 aromatic rings. The highest BCUT2D eigenvalue weighted by Gasteiger charge is 2.56. The number of ether oxygens (including phenoxy) is 1. The van der Waals surface area contributed by atoms with Crippen LogP contribution in [0.1, 0.15) is 12.8 Å². The van der Waals surface area contributed by atoms with E-state index in [2.05, 4.69) is 10.6 Å². The van der Waals surface area contributed by atoms with Crippen molar-refractivity contribution >= 4 is 40.2 Å². The number of amides is 4. The van der Waals surface area contributed by atoms with Crippen molar-refractivity contribution in [2.45, 2.75) is 24.9 Å². The summed E-state index contributed by atoms with van der Waals surface area (Å²) in [4.78, 5) is 39.7. The largest absolute Gasteiger partial charge is 0.497 e. The highest BCUT2D eigenvalue weighted by Crippen LogP contribution is 2.48. The average Bonchev–Trinajstić information content (AvgIpc) is 3.29. The van der Waals surface area contributed by atoms with Gasteiger partial charge in [-0.2, -0.15) is 0 Å². The van der Waals surface area contributed by atoms with Gasteiger partial charge in [0.1, 0.15) is 11.8 Å². The van der Waals surface area contributed by atoms with Gasteiger partial charge in [0, 0.05) is 29.4 Å². The molecule has 2 aromatic carbocycles. The van der Waals surface area contributed by atoms with Crippen molar-refractivity contribution in [3.05, 3.63) is 54.7 Å². The van der Waals surface area contributed by atoms with Crippen LogP contribution in [0.3, 0.4) is 0 Å². The molecule has 0 spiro atoms. The number of rotatable bonds is 4. The number of nitrogens with one attached hydrogen (secondary N) is 2. The molecule has 9 heteroatoms. The number of urea groups is 1. The fraction of sp³-hybridized carbons (Fsp3) is 0.261. The normalized spacial score (nSPS) is 21.2. The number of primary amides is 1. The third kappa shape index (κ3) is 3.41. The maximum atomic E-state index is 13.2. The Balaban J connectivity index is 1.37. The molecule has 4 N–H and O–H groups in total. The van der Waals surface area contributed by atoms with E-state index in [1.165, 1.54) is 10.8 Å². The Bertz CT molecular complexity index is 1240. The number of hydrogen-bond donors (Lipinski definition) is 3. The molecular formula is C23H23N5O4. The van der Waals surface area contributed by atoms with E-state index in [4.69, 9.17) is 10.5 Å². The molecule has 1 aromatic heterocycles. The molecule has 1 aliphatic heterocycles. The average molecular weight is 433 g/mol. The summed E-state index contributed by atoms with van der Waals surface area (Å²) in [6, 6.07) is 12.7. The van der Waals surface area contributed by atoms with E-state index in [0.717, 1.165) is 6.42 Å². The zero-order valence-corrected chi connectivity index (χ0v) is 17.4. The molecule has 0 bridgehead atoms. The van der Waals surface area contributed by atoms with Gasteiger partial charge in [-0.3, -0.25) is 9.36 Å². The first kappa shape index (κ1) is 19.9. The van der Waals surface area contributed by atoms with Gasteiger partial charge in [-0.05, 0) is 37.0 Å². The van der Waals surface area contributed by atoms with Gasteiger partial charge in [-0.1, -0.05) is 24.3 Å². The zero-order chi connectivity index (χ0) is 22.4. The van der Waals surface area contributed by atoms with E-state index in [0.29, 0.717) is 40.4 Å². The Morgan fingerprint density at radius 1 is 1.06 bits per heavy atom. The standard InChI is InChI=1S/C23H23N5O4/c1-32-15-6-4-5-14(11-15)25-21(29)20-10-13-9-19(13)28(20)23(31)26-17-12-27(22(24)30)18-8-3-2-7-16(17)18/h2-8,11-13,19-20H,9-10H2,1H3,(H2,24,30)(H,25,29)(H,26,31)/t13-,19-,20+/m1/s1. The molecule has 2 fully saturated rings. The minimum absolute atomic E-state index is 0.0422. The molecule has 1 saturated heterocycles. The number of fused-ring (bicyclic) bond motifs is 2. The minimum atomic E-state index is -0.638. The van der Waals surface area contributed by atoms with E-state index in [1.807, 2.05) is 6.07 Å². The fourth-order valence-corrected chi connectivity index (χ4v) is 4.55. The monoisotopic (exact) mass is 433 g/mol. The predicted octanol–water partition coefficient (Wildman–Crippen LogP) is 3.21. The van der Waals surface area contributed by atoms with Crippen molar-refractivity contribution in [3.8, 4) is 5.75 Å². The summed E-state index contributed by atoms with van der Waals surface area (Å²) in [6.07, 6.45) is 3.02. The maximum Gasteiger partial charge on any atom is 0.323 e. The van der Waals surface area contributed by atoms with Crippen LogP contribution in [0.15, 0.2) is 54.7 Å². The molecule has 0 radical (unpaired) electrons. The fourth-order valence-electron chi connectivity index (χ4n) is 4.55. The minimum Gasteiger partial charge on any atom is -0.497 e. The van der Waals surface area contributed by atoms with Crippen LogP contribution >= 0.6 is 0 Å². The Morgan fingerprint density at radius 3 is 2.66 bits per heavy atom. The number of piperidine rings is 1. The summed E-state index contributed by atoms with van der Waals surface area (Å²) < 4.78 is 6.50. The van der Waals surface area contributed by atoms with Crippen LogP contribution in [-0.2, 0) is 4.79 Å². The van der Waals surface area contributed by atoms with Crippen LogP contribution in [0.2, 0.25) is 0 Å². The number of carbonyl (C=O) groups excluding carboxylic acids is 3. The second-order valence-corrected chi connectivity index (χ2v) is 8.14. The van der Waals surface area contributed by atoms with Crippen LogP contribution in [0.5, 0.6) is 5.75 Å². The van der Waals surface area contributed by atoms with E-state index < -0.39 is 12.1 Å². The summed E-state index contributed by atoms with van der Waals surface area (Å²) in [5, 5.41) is 6.47. The Hall–Kier alpha value is -4.01. The lowest BCUT2D eigenvalue weighted by Gasteiger charge is -2.27. The van der Waals surface area contributed by atoms with Gasteiger partial charge >= 0.3 is 12.1 Å². The van der Waals surface area contributed by atoms with Gasteiger partial charge in [-0.15, -0.1) is 0 Å². The lowest BCUT2D eigenvalue weighted by Crippen LogP contribution is -2.47. The van der Waals surface area contributed by atoms with E-state index in [9.17, 15) is 14.4 Å². The molecule has 1 saturated carbocycles. The molecule has 1 aliphatic carbocycles. The number of benzene rings is 2. The molecular weight excluding hydrogens is 410 g/mol. The summed E-state index contributed by atoms with van der Waals surface area (Å²) in [5.74, 6) is 0.728. The Morgan fingerprint density at radius 2 is 1.88 bits per heavy atom. The van der Waals surface area contributed by atoms with Crippen LogP contribution in [0.25, 0.3) is 10.9 Å². The Kier molecular flexibility index (Phi) is 4.73. The molecule has 4 amide bonds. The first-order valence-electron chi connectivity index (χ1n) is 10.4.